The summed E-state index contributed by atoms with van der Waals surface area (Å²) >= 11 is 0. The summed E-state index contributed by atoms with van der Waals surface area (Å²) in [5.74, 6) is -0.826. The fourth-order valence-electron chi connectivity index (χ4n) is 2.35. The van der Waals surface area contributed by atoms with Crippen molar-refractivity contribution in [2.75, 3.05) is 13.7 Å². The van der Waals surface area contributed by atoms with Gasteiger partial charge in [0.1, 0.15) is 6.10 Å². The van der Waals surface area contributed by atoms with Crippen molar-refractivity contribution in [3.8, 4) is 0 Å². The molecule has 0 spiro atoms. The van der Waals surface area contributed by atoms with Crippen LogP contribution >= 0.6 is 12.4 Å². The van der Waals surface area contributed by atoms with Gasteiger partial charge in [-0.1, -0.05) is 30.3 Å². The monoisotopic (exact) mass is 328 g/mol. The Kier molecular flexibility index (Phi) is 7.31. The molecule has 1 heterocycles. The van der Waals surface area contributed by atoms with E-state index in [0.717, 1.165) is 6.42 Å². The van der Waals surface area contributed by atoms with Gasteiger partial charge in [-0.2, -0.15) is 0 Å². The van der Waals surface area contributed by atoms with Gasteiger partial charge >= 0.3 is 5.97 Å². The first-order valence-electron chi connectivity index (χ1n) is 6.94. The molecule has 1 aromatic carbocycles. The van der Waals surface area contributed by atoms with Crippen molar-refractivity contribution in [1.29, 1.82) is 0 Å². The molecule has 1 aromatic rings. The molecule has 0 bridgehead atoms. The van der Waals surface area contributed by atoms with Crippen molar-refractivity contribution in [1.82, 2.24) is 5.32 Å². The Bertz CT molecular complexity index is 498. The minimum atomic E-state index is -0.829. The number of ether oxygens (including phenoxy) is 2. The summed E-state index contributed by atoms with van der Waals surface area (Å²) in [6.45, 7) is 0.392. The minimum absolute atomic E-state index is 0. The molecule has 3 atom stereocenters. The average Bonchev–Trinajstić information content (AvgIpc) is 3.01. The summed E-state index contributed by atoms with van der Waals surface area (Å²) in [4.78, 5) is 24.1. The van der Waals surface area contributed by atoms with Gasteiger partial charge in [0.2, 0.25) is 5.91 Å². The molecule has 0 radical (unpaired) electrons. The fourth-order valence-corrected chi connectivity index (χ4v) is 2.35. The maximum atomic E-state index is 12.2. The molecular weight excluding hydrogens is 308 g/mol. The van der Waals surface area contributed by atoms with Crippen LogP contribution in [-0.4, -0.2) is 37.7 Å². The van der Waals surface area contributed by atoms with E-state index in [1.807, 2.05) is 6.07 Å². The lowest BCUT2D eigenvalue weighted by molar-refractivity contribution is -0.147. The van der Waals surface area contributed by atoms with Gasteiger partial charge in [-0.15, -0.1) is 12.4 Å². The summed E-state index contributed by atoms with van der Waals surface area (Å²) in [6, 6.07) is 8.14. The topological polar surface area (TPSA) is 90.7 Å². The smallest absolute Gasteiger partial charge is 0.333 e. The van der Waals surface area contributed by atoms with Gasteiger partial charge in [0.15, 0.2) is 6.04 Å². The molecule has 22 heavy (non-hydrogen) atoms. The minimum Gasteiger partial charge on any atom is -0.467 e. The van der Waals surface area contributed by atoms with Crippen LogP contribution in [-0.2, 0) is 19.1 Å². The van der Waals surface area contributed by atoms with Crippen LogP contribution in [0.1, 0.15) is 24.4 Å². The molecule has 3 N–H and O–H groups in total. The van der Waals surface area contributed by atoms with Crippen LogP contribution in [0.4, 0.5) is 0 Å². The third-order valence-corrected chi connectivity index (χ3v) is 3.52. The molecule has 2 rings (SSSR count). The third-order valence-electron chi connectivity index (χ3n) is 3.52. The maximum absolute atomic E-state index is 12.2. The summed E-state index contributed by atoms with van der Waals surface area (Å²) in [6.07, 6.45) is 0.711. The van der Waals surface area contributed by atoms with Gasteiger partial charge in [-0.05, 0) is 18.4 Å². The molecule has 1 amide bonds. The van der Waals surface area contributed by atoms with Gasteiger partial charge < -0.3 is 20.5 Å². The van der Waals surface area contributed by atoms with E-state index < -0.39 is 18.1 Å². The van der Waals surface area contributed by atoms with Crippen LogP contribution < -0.4 is 11.1 Å². The molecule has 122 valence electrons. The Balaban J connectivity index is 0.00000242. The molecule has 1 fully saturated rings. The zero-order valence-electron chi connectivity index (χ0n) is 12.4. The number of carbonyl (C=O) groups excluding carboxylic acids is 2. The van der Waals surface area contributed by atoms with Crippen molar-refractivity contribution in [2.24, 2.45) is 5.73 Å². The molecule has 6 nitrogen and oxygen atoms in total. The van der Waals surface area contributed by atoms with Crippen molar-refractivity contribution in [2.45, 2.75) is 31.1 Å². The van der Waals surface area contributed by atoms with Crippen LogP contribution in [0.5, 0.6) is 0 Å². The second-order valence-electron chi connectivity index (χ2n) is 4.94. The fraction of sp³-hybridized carbons (Fsp3) is 0.467. The standard InChI is InChI=1S/C15H20N2O4.ClH/c1-20-15(19)13(10-5-3-2-4-6-10)17-14(18)12-8-7-11(9-16)21-12;/h2-6,11-13H,7-9,16H2,1H3,(H,17,18);1H/t11-,12+,13?;/m1./s1. The van der Waals surface area contributed by atoms with Crippen LogP contribution in [0.3, 0.4) is 0 Å². The number of methoxy groups -OCH3 is 1. The van der Waals surface area contributed by atoms with E-state index in [9.17, 15) is 9.59 Å². The van der Waals surface area contributed by atoms with Crippen LogP contribution in [0, 0.1) is 0 Å². The number of carbonyl (C=O) groups is 2. The molecule has 1 saturated heterocycles. The summed E-state index contributed by atoms with van der Waals surface area (Å²) < 4.78 is 10.3. The molecule has 0 aromatic heterocycles. The number of benzene rings is 1. The van der Waals surface area contributed by atoms with E-state index in [-0.39, 0.29) is 24.4 Å². The van der Waals surface area contributed by atoms with Gasteiger partial charge in [-0.3, -0.25) is 4.79 Å². The Morgan fingerprint density at radius 2 is 2.05 bits per heavy atom. The number of esters is 1. The van der Waals surface area contributed by atoms with Crippen LogP contribution in [0.2, 0.25) is 0 Å². The van der Waals surface area contributed by atoms with E-state index in [2.05, 4.69) is 5.32 Å². The van der Waals surface area contributed by atoms with E-state index in [1.54, 1.807) is 24.3 Å². The SMILES string of the molecule is COC(=O)C(NC(=O)[C@@H]1CC[C@H](CN)O1)c1ccccc1.Cl. The zero-order valence-corrected chi connectivity index (χ0v) is 13.2. The third kappa shape index (κ3) is 4.43. The summed E-state index contributed by atoms with van der Waals surface area (Å²) in [5.41, 5.74) is 6.20. The first-order valence-corrected chi connectivity index (χ1v) is 6.94. The van der Waals surface area contributed by atoms with Crippen LogP contribution in [0.25, 0.3) is 0 Å². The molecule has 0 aliphatic carbocycles. The zero-order chi connectivity index (χ0) is 15.2. The number of amides is 1. The Labute approximate surface area is 135 Å². The molecular formula is C15H21ClN2O4. The quantitative estimate of drug-likeness (QED) is 0.785. The van der Waals surface area contributed by atoms with Crippen molar-refractivity contribution in [3.05, 3.63) is 35.9 Å². The largest absolute Gasteiger partial charge is 0.467 e. The van der Waals surface area contributed by atoms with E-state index in [1.165, 1.54) is 7.11 Å². The highest BCUT2D eigenvalue weighted by Crippen LogP contribution is 2.21. The molecule has 1 unspecified atom stereocenters. The Hall–Kier alpha value is -1.63. The first kappa shape index (κ1) is 18.4. The normalized spacial score (nSPS) is 21.5. The second kappa shape index (κ2) is 8.73. The number of halogens is 1. The van der Waals surface area contributed by atoms with Gasteiger partial charge in [0.25, 0.3) is 0 Å². The lowest BCUT2D eigenvalue weighted by Gasteiger charge is -2.19. The van der Waals surface area contributed by atoms with Crippen molar-refractivity contribution >= 4 is 24.3 Å². The summed E-state index contributed by atoms with van der Waals surface area (Å²) in [7, 11) is 1.29. The maximum Gasteiger partial charge on any atom is 0.333 e. The summed E-state index contributed by atoms with van der Waals surface area (Å²) in [5, 5.41) is 2.69. The highest BCUT2D eigenvalue weighted by Gasteiger charge is 2.33. The second-order valence-corrected chi connectivity index (χ2v) is 4.94. The van der Waals surface area contributed by atoms with E-state index in [4.69, 9.17) is 15.2 Å². The van der Waals surface area contributed by atoms with Crippen LogP contribution in [0.15, 0.2) is 30.3 Å². The highest BCUT2D eigenvalue weighted by molar-refractivity contribution is 5.87. The number of nitrogens with one attached hydrogen (secondary N) is 1. The van der Waals surface area contributed by atoms with E-state index in [0.29, 0.717) is 18.5 Å². The molecule has 1 aliphatic heterocycles. The molecule has 7 heteroatoms. The lowest BCUT2D eigenvalue weighted by Crippen LogP contribution is -2.41. The number of nitrogens with two attached hydrogens (primary N) is 1. The molecule has 0 saturated carbocycles. The first-order chi connectivity index (χ1) is 10.2. The van der Waals surface area contributed by atoms with Crippen molar-refractivity contribution < 1.29 is 19.1 Å². The van der Waals surface area contributed by atoms with Gasteiger partial charge in [0, 0.05) is 6.54 Å². The Morgan fingerprint density at radius 1 is 1.36 bits per heavy atom. The number of hydrogen-bond acceptors (Lipinski definition) is 5. The predicted octanol–water partition coefficient (Wildman–Crippen LogP) is 0.945. The average molecular weight is 329 g/mol. The Morgan fingerprint density at radius 3 is 2.59 bits per heavy atom. The van der Waals surface area contributed by atoms with Gasteiger partial charge in [-0.25, -0.2) is 4.79 Å². The number of rotatable bonds is 5. The highest BCUT2D eigenvalue weighted by atomic mass is 35.5. The predicted molar refractivity (Wildman–Crippen MR) is 83.5 cm³/mol. The van der Waals surface area contributed by atoms with E-state index >= 15 is 0 Å². The molecule has 1 aliphatic rings. The lowest BCUT2D eigenvalue weighted by atomic mass is 10.1. The van der Waals surface area contributed by atoms with Gasteiger partial charge in [0.05, 0.1) is 13.2 Å². The van der Waals surface area contributed by atoms with Crippen molar-refractivity contribution in [3.63, 3.8) is 0 Å². The number of hydrogen-bond donors (Lipinski definition) is 2.